The van der Waals surface area contributed by atoms with Crippen LogP contribution in [0.4, 0.5) is 0 Å². The quantitative estimate of drug-likeness (QED) is 0.760. The number of nitrogens with zero attached hydrogens (tertiary/aromatic N) is 2. The van der Waals surface area contributed by atoms with Crippen LogP contribution in [-0.2, 0) is 0 Å². The highest BCUT2D eigenvalue weighted by molar-refractivity contribution is 9.10. The lowest BCUT2D eigenvalue weighted by atomic mass is 10.0. The molecule has 2 rings (SSSR count). The fraction of sp³-hybridized carbons (Fsp3) is 0.588. The predicted molar refractivity (Wildman–Crippen MR) is 96.4 cm³/mol. The van der Waals surface area contributed by atoms with E-state index in [-0.39, 0.29) is 11.9 Å². The largest absolute Gasteiger partial charge is 0.493 e. The Morgan fingerprint density at radius 1 is 1.17 bits per heavy atom. The summed E-state index contributed by atoms with van der Waals surface area (Å²) >= 11 is 3.48. The fourth-order valence-electron chi connectivity index (χ4n) is 3.01. The molecule has 1 aromatic carbocycles. The maximum absolute atomic E-state index is 13.0. The smallest absolute Gasteiger partial charge is 0.255 e. The van der Waals surface area contributed by atoms with Gasteiger partial charge in [0.2, 0.25) is 5.75 Å². The van der Waals surface area contributed by atoms with Crippen molar-refractivity contribution in [2.45, 2.75) is 18.9 Å². The van der Waals surface area contributed by atoms with E-state index in [1.54, 1.807) is 20.3 Å². The fourth-order valence-corrected chi connectivity index (χ4v) is 3.64. The Morgan fingerprint density at radius 2 is 1.75 bits per heavy atom. The first-order chi connectivity index (χ1) is 11.4. The third-order valence-electron chi connectivity index (χ3n) is 4.56. The molecule has 0 N–H and O–H groups in total. The van der Waals surface area contributed by atoms with E-state index in [0.29, 0.717) is 27.3 Å². The number of carbonyl (C=O) groups excluding carboxylic acids is 1. The number of piperidine rings is 1. The van der Waals surface area contributed by atoms with Crippen LogP contribution in [0.2, 0.25) is 0 Å². The lowest BCUT2D eigenvalue weighted by molar-refractivity contribution is 0.0657. The summed E-state index contributed by atoms with van der Waals surface area (Å²) in [5, 5.41) is 0. The normalized spacial score (nSPS) is 15.9. The van der Waals surface area contributed by atoms with Crippen LogP contribution in [0.1, 0.15) is 23.2 Å². The number of methoxy groups -OCH3 is 3. The molecule has 0 atom stereocenters. The van der Waals surface area contributed by atoms with Crippen molar-refractivity contribution in [2.24, 2.45) is 0 Å². The van der Waals surface area contributed by atoms with Crippen molar-refractivity contribution in [3.63, 3.8) is 0 Å². The molecule has 0 aliphatic carbocycles. The average molecular weight is 401 g/mol. The standard InChI is InChI=1S/C17H25BrN2O4/c1-19-8-6-11(7-9-19)20(2)17(21)12-10-13(22-3)15(23-4)16(24-5)14(12)18/h10-11H,6-9H2,1-5H3. The summed E-state index contributed by atoms with van der Waals surface area (Å²) in [5.74, 6) is 1.33. The molecule has 0 spiro atoms. The Balaban J connectivity index is 2.35. The first kappa shape index (κ1) is 18.9. The molecular weight excluding hydrogens is 376 g/mol. The summed E-state index contributed by atoms with van der Waals surface area (Å²) in [4.78, 5) is 17.1. The van der Waals surface area contributed by atoms with Crippen LogP contribution in [0.25, 0.3) is 0 Å². The minimum Gasteiger partial charge on any atom is -0.493 e. The number of hydrogen-bond donors (Lipinski definition) is 0. The predicted octanol–water partition coefficient (Wildman–Crippen LogP) is 2.64. The third kappa shape index (κ3) is 3.62. The second-order valence-electron chi connectivity index (χ2n) is 5.96. The Labute approximate surface area is 151 Å². The van der Waals surface area contributed by atoms with Gasteiger partial charge in [-0.15, -0.1) is 0 Å². The molecule has 1 amide bonds. The summed E-state index contributed by atoms with van der Waals surface area (Å²) in [6.45, 7) is 2.00. The van der Waals surface area contributed by atoms with Crippen LogP contribution in [-0.4, -0.2) is 70.3 Å². The Hall–Kier alpha value is -1.47. The first-order valence-corrected chi connectivity index (χ1v) is 8.68. The first-order valence-electron chi connectivity index (χ1n) is 7.88. The molecule has 6 nitrogen and oxygen atoms in total. The number of ether oxygens (including phenoxy) is 3. The van der Waals surface area contributed by atoms with Gasteiger partial charge in [-0.2, -0.15) is 0 Å². The molecule has 0 radical (unpaired) electrons. The molecule has 1 aromatic rings. The Bertz CT molecular complexity index is 601. The van der Waals surface area contributed by atoms with Gasteiger partial charge in [0, 0.05) is 13.1 Å². The van der Waals surface area contributed by atoms with Gasteiger partial charge >= 0.3 is 0 Å². The lowest BCUT2D eigenvalue weighted by Crippen LogP contribution is -2.44. The van der Waals surface area contributed by atoms with Crippen molar-refractivity contribution in [1.82, 2.24) is 9.80 Å². The number of benzene rings is 1. The number of carbonyl (C=O) groups is 1. The summed E-state index contributed by atoms with van der Waals surface area (Å²) in [5.41, 5.74) is 0.505. The van der Waals surface area contributed by atoms with Crippen molar-refractivity contribution < 1.29 is 19.0 Å². The van der Waals surface area contributed by atoms with Crippen LogP contribution in [0.5, 0.6) is 17.2 Å². The SMILES string of the molecule is COc1cc(C(=O)N(C)C2CCN(C)CC2)c(Br)c(OC)c1OC. The Kier molecular flexibility index (Phi) is 6.34. The van der Waals surface area contributed by atoms with Crippen LogP contribution in [0.15, 0.2) is 10.5 Å². The number of hydrogen-bond acceptors (Lipinski definition) is 5. The van der Waals surface area contributed by atoms with Gasteiger partial charge in [0.15, 0.2) is 11.5 Å². The van der Waals surface area contributed by atoms with Gasteiger partial charge in [0.25, 0.3) is 5.91 Å². The minimum absolute atomic E-state index is 0.0596. The number of amides is 1. The van der Waals surface area contributed by atoms with Crippen LogP contribution >= 0.6 is 15.9 Å². The second kappa shape index (κ2) is 8.07. The van der Waals surface area contributed by atoms with E-state index >= 15 is 0 Å². The van der Waals surface area contributed by atoms with E-state index in [9.17, 15) is 4.79 Å². The molecule has 7 heteroatoms. The molecule has 1 heterocycles. The zero-order chi connectivity index (χ0) is 17.9. The van der Waals surface area contributed by atoms with E-state index in [0.717, 1.165) is 25.9 Å². The minimum atomic E-state index is -0.0596. The van der Waals surface area contributed by atoms with Gasteiger partial charge in [-0.25, -0.2) is 0 Å². The summed E-state index contributed by atoms with van der Waals surface area (Å²) in [7, 11) is 8.58. The van der Waals surface area contributed by atoms with Crippen LogP contribution in [0, 0.1) is 0 Å². The topological polar surface area (TPSA) is 51.2 Å². The average Bonchev–Trinajstić information content (AvgIpc) is 2.60. The van der Waals surface area contributed by atoms with Gasteiger partial charge in [0.1, 0.15) is 0 Å². The van der Waals surface area contributed by atoms with Crippen molar-refractivity contribution in [3.05, 3.63) is 16.1 Å². The molecular formula is C17H25BrN2O4. The lowest BCUT2D eigenvalue weighted by Gasteiger charge is -2.35. The maximum atomic E-state index is 13.0. The van der Waals surface area contributed by atoms with E-state index < -0.39 is 0 Å². The highest BCUT2D eigenvalue weighted by Gasteiger charge is 2.29. The molecule has 1 aliphatic rings. The molecule has 1 aliphatic heterocycles. The van der Waals surface area contributed by atoms with E-state index in [2.05, 4.69) is 27.9 Å². The third-order valence-corrected chi connectivity index (χ3v) is 5.34. The van der Waals surface area contributed by atoms with Gasteiger partial charge in [0.05, 0.1) is 31.4 Å². The number of halogens is 1. The van der Waals surface area contributed by atoms with Crippen molar-refractivity contribution in [2.75, 3.05) is 48.5 Å². The van der Waals surface area contributed by atoms with Crippen LogP contribution in [0.3, 0.4) is 0 Å². The summed E-state index contributed by atoms with van der Waals surface area (Å²) in [6.07, 6.45) is 1.95. The zero-order valence-corrected chi connectivity index (χ0v) is 16.5. The molecule has 24 heavy (non-hydrogen) atoms. The molecule has 1 saturated heterocycles. The highest BCUT2D eigenvalue weighted by atomic mass is 79.9. The summed E-state index contributed by atoms with van der Waals surface area (Å²) in [6, 6.07) is 1.93. The van der Waals surface area contributed by atoms with E-state index in [1.165, 1.54) is 7.11 Å². The molecule has 0 saturated carbocycles. The number of rotatable bonds is 5. The van der Waals surface area contributed by atoms with Gasteiger partial charge in [-0.1, -0.05) is 0 Å². The molecule has 0 bridgehead atoms. The highest BCUT2D eigenvalue weighted by Crippen LogP contribution is 2.45. The van der Waals surface area contributed by atoms with Crippen molar-refractivity contribution in [3.8, 4) is 17.2 Å². The molecule has 0 unspecified atom stereocenters. The van der Waals surface area contributed by atoms with Crippen LogP contribution < -0.4 is 14.2 Å². The summed E-state index contributed by atoms with van der Waals surface area (Å²) < 4.78 is 16.7. The second-order valence-corrected chi connectivity index (χ2v) is 6.75. The van der Waals surface area contributed by atoms with E-state index in [4.69, 9.17) is 14.2 Å². The van der Waals surface area contributed by atoms with E-state index in [1.807, 2.05) is 11.9 Å². The molecule has 1 fully saturated rings. The maximum Gasteiger partial charge on any atom is 0.255 e. The van der Waals surface area contributed by atoms with Gasteiger partial charge < -0.3 is 24.0 Å². The molecule has 134 valence electrons. The zero-order valence-electron chi connectivity index (χ0n) is 14.9. The Morgan fingerprint density at radius 3 is 2.25 bits per heavy atom. The monoisotopic (exact) mass is 400 g/mol. The van der Waals surface area contributed by atoms with Gasteiger partial charge in [-0.05, 0) is 55.0 Å². The molecule has 0 aromatic heterocycles. The van der Waals surface area contributed by atoms with Crippen molar-refractivity contribution >= 4 is 21.8 Å². The van der Waals surface area contributed by atoms with Crippen molar-refractivity contribution in [1.29, 1.82) is 0 Å². The van der Waals surface area contributed by atoms with Gasteiger partial charge in [-0.3, -0.25) is 4.79 Å². The number of likely N-dealkylation sites (tertiary alicyclic amines) is 1.